The molecular weight excluding hydrogens is 188 g/mol. The summed E-state index contributed by atoms with van der Waals surface area (Å²) < 4.78 is 26.9. The molecule has 1 aliphatic rings. The maximum absolute atomic E-state index is 12.5. The Bertz CT molecular complexity index is 314. The Morgan fingerprint density at radius 1 is 1.57 bits per heavy atom. The summed E-state index contributed by atoms with van der Waals surface area (Å²) in [7, 11) is 0. The van der Waals surface area contributed by atoms with Crippen LogP contribution in [0.25, 0.3) is 0 Å². The number of hydrogen-bond donors (Lipinski definition) is 1. The number of aromatic nitrogens is 2. The molecule has 78 valence electrons. The molecule has 1 heterocycles. The third-order valence-corrected chi connectivity index (χ3v) is 2.54. The number of nitrogens with two attached hydrogens (primary N) is 1. The molecule has 0 amide bonds. The van der Waals surface area contributed by atoms with Crippen molar-refractivity contribution in [2.75, 3.05) is 0 Å². The van der Waals surface area contributed by atoms with Gasteiger partial charge in [-0.1, -0.05) is 0 Å². The van der Waals surface area contributed by atoms with Crippen molar-refractivity contribution < 1.29 is 8.78 Å². The Labute approximate surface area is 80.9 Å². The van der Waals surface area contributed by atoms with E-state index in [1.54, 1.807) is 6.33 Å². The van der Waals surface area contributed by atoms with Crippen LogP contribution in [0.1, 0.15) is 18.5 Å². The molecule has 0 saturated heterocycles. The zero-order valence-electron chi connectivity index (χ0n) is 7.79. The zero-order valence-corrected chi connectivity index (χ0v) is 7.79. The largest absolute Gasteiger partial charge is 0.337 e. The Morgan fingerprint density at radius 2 is 2.29 bits per heavy atom. The van der Waals surface area contributed by atoms with Gasteiger partial charge in [-0.2, -0.15) is 0 Å². The molecule has 2 rings (SSSR count). The molecule has 14 heavy (non-hydrogen) atoms. The van der Waals surface area contributed by atoms with Gasteiger partial charge in [0.05, 0.1) is 12.0 Å². The number of hydrogen-bond acceptors (Lipinski definition) is 2. The van der Waals surface area contributed by atoms with Crippen molar-refractivity contribution in [1.82, 2.24) is 9.55 Å². The van der Waals surface area contributed by atoms with Gasteiger partial charge in [0, 0.05) is 32.1 Å². The van der Waals surface area contributed by atoms with Crippen LogP contribution in [0.4, 0.5) is 8.78 Å². The van der Waals surface area contributed by atoms with Crippen LogP contribution < -0.4 is 5.73 Å². The van der Waals surface area contributed by atoms with Gasteiger partial charge in [0.25, 0.3) is 0 Å². The molecule has 1 saturated carbocycles. The molecule has 1 fully saturated rings. The van der Waals surface area contributed by atoms with Gasteiger partial charge in [-0.3, -0.25) is 0 Å². The molecular formula is C9H13F2N3. The first-order chi connectivity index (χ1) is 6.59. The number of rotatable bonds is 3. The lowest BCUT2D eigenvalue weighted by atomic mass is 9.81. The van der Waals surface area contributed by atoms with Gasteiger partial charge in [-0.15, -0.1) is 0 Å². The average molecular weight is 201 g/mol. The van der Waals surface area contributed by atoms with Crippen LogP contribution in [0.5, 0.6) is 0 Å². The SMILES string of the molecule is NCc1cn(CC2CC(F)(F)C2)cn1. The summed E-state index contributed by atoms with van der Waals surface area (Å²) in [4.78, 5) is 4.03. The summed E-state index contributed by atoms with van der Waals surface area (Å²) in [6.45, 7) is 1.02. The molecule has 0 aliphatic heterocycles. The highest BCUT2D eigenvalue weighted by Crippen LogP contribution is 2.42. The Balaban J connectivity index is 1.87. The van der Waals surface area contributed by atoms with Gasteiger partial charge in [-0.05, 0) is 5.92 Å². The second-order valence-electron chi connectivity index (χ2n) is 3.90. The second-order valence-corrected chi connectivity index (χ2v) is 3.90. The fraction of sp³-hybridized carbons (Fsp3) is 0.667. The van der Waals surface area contributed by atoms with Crippen LogP contribution in [0.2, 0.25) is 0 Å². The highest BCUT2D eigenvalue weighted by Gasteiger charge is 2.45. The predicted octanol–water partition coefficient (Wildman–Crippen LogP) is 1.39. The molecule has 0 spiro atoms. The number of nitrogens with zero attached hydrogens (tertiary/aromatic N) is 2. The molecule has 1 aromatic heterocycles. The Morgan fingerprint density at radius 3 is 2.79 bits per heavy atom. The summed E-state index contributed by atoms with van der Waals surface area (Å²) in [5.41, 5.74) is 6.19. The summed E-state index contributed by atoms with van der Waals surface area (Å²) >= 11 is 0. The number of alkyl halides is 2. The normalized spacial score (nSPS) is 20.8. The van der Waals surface area contributed by atoms with E-state index in [2.05, 4.69) is 4.98 Å². The molecule has 0 radical (unpaired) electrons. The monoisotopic (exact) mass is 201 g/mol. The van der Waals surface area contributed by atoms with Gasteiger partial charge in [0.15, 0.2) is 0 Å². The van der Waals surface area contributed by atoms with E-state index < -0.39 is 5.92 Å². The predicted molar refractivity (Wildman–Crippen MR) is 47.8 cm³/mol. The lowest BCUT2D eigenvalue weighted by molar-refractivity contribution is -0.114. The maximum atomic E-state index is 12.5. The number of imidazole rings is 1. The molecule has 0 bridgehead atoms. The molecule has 0 unspecified atom stereocenters. The second kappa shape index (κ2) is 3.31. The first-order valence-electron chi connectivity index (χ1n) is 4.67. The molecule has 1 aromatic rings. The summed E-state index contributed by atoms with van der Waals surface area (Å²) in [5, 5.41) is 0. The summed E-state index contributed by atoms with van der Waals surface area (Å²) in [6.07, 6.45) is 3.47. The maximum Gasteiger partial charge on any atom is 0.248 e. The van der Waals surface area contributed by atoms with E-state index in [9.17, 15) is 8.78 Å². The minimum absolute atomic E-state index is 0.00311. The summed E-state index contributed by atoms with van der Waals surface area (Å²) in [6, 6.07) is 0. The highest BCUT2D eigenvalue weighted by molar-refractivity contribution is 4.96. The van der Waals surface area contributed by atoms with E-state index in [0.29, 0.717) is 13.1 Å². The molecule has 0 atom stereocenters. The van der Waals surface area contributed by atoms with Gasteiger partial charge in [0.2, 0.25) is 5.92 Å². The Kier molecular flexibility index (Phi) is 2.26. The van der Waals surface area contributed by atoms with E-state index in [0.717, 1.165) is 5.69 Å². The van der Waals surface area contributed by atoms with Crippen LogP contribution in [0.15, 0.2) is 12.5 Å². The molecule has 2 N–H and O–H groups in total. The fourth-order valence-electron chi connectivity index (χ4n) is 1.82. The number of halogens is 2. The van der Waals surface area contributed by atoms with E-state index in [1.165, 1.54) is 0 Å². The zero-order chi connectivity index (χ0) is 10.2. The van der Waals surface area contributed by atoms with Crippen LogP contribution in [0, 0.1) is 5.92 Å². The van der Waals surface area contributed by atoms with E-state index in [4.69, 9.17) is 5.73 Å². The van der Waals surface area contributed by atoms with Crippen LogP contribution in [-0.2, 0) is 13.1 Å². The van der Waals surface area contributed by atoms with E-state index in [1.807, 2.05) is 10.8 Å². The lowest BCUT2D eigenvalue weighted by Gasteiger charge is -2.34. The van der Waals surface area contributed by atoms with E-state index in [-0.39, 0.29) is 18.8 Å². The third-order valence-electron chi connectivity index (χ3n) is 2.54. The standard InChI is InChI=1S/C9H13F2N3/c10-9(11)1-7(2-9)4-14-5-8(3-12)13-6-14/h5-7H,1-4,12H2. The van der Waals surface area contributed by atoms with Crippen molar-refractivity contribution in [3.63, 3.8) is 0 Å². The van der Waals surface area contributed by atoms with Gasteiger partial charge >= 0.3 is 0 Å². The molecule has 0 aromatic carbocycles. The van der Waals surface area contributed by atoms with Crippen LogP contribution in [-0.4, -0.2) is 15.5 Å². The smallest absolute Gasteiger partial charge is 0.248 e. The first kappa shape index (κ1) is 9.58. The highest BCUT2D eigenvalue weighted by atomic mass is 19.3. The molecule has 1 aliphatic carbocycles. The third kappa shape index (κ3) is 1.92. The van der Waals surface area contributed by atoms with Crippen LogP contribution >= 0.6 is 0 Å². The Hall–Kier alpha value is -0.970. The van der Waals surface area contributed by atoms with Crippen molar-refractivity contribution in [3.05, 3.63) is 18.2 Å². The average Bonchev–Trinajstić information content (AvgIpc) is 2.49. The fourth-order valence-corrected chi connectivity index (χ4v) is 1.82. The van der Waals surface area contributed by atoms with Crippen molar-refractivity contribution >= 4 is 0 Å². The van der Waals surface area contributed by atoms with Crippen molar-refractivity contribution in [2.24, 2.45) is 11.7 Å². The van der Waals surface area contributed by atoms with Crippen molar-refractivity contribution in [3.8, 4) is 0 Å². The molecule has 5 heteroatoms. The topological polar surface area (TPSA) is 43.8 Å². The van der Waals surface area contributed by atoms with E-state index >= 15 is 0 Å². The summed E-state index contributed by atoms with van der Waals surface area (Å²) in [5.74, 6) is -2.34. The minimum atomic E-state index is -2.43. The quantitative estimate of drug-likeness (QED) is 0.803. The van der Waals surface area contributed by atoms with Gasteiger partial charge in [-0.25, -0.2) is 13.8 Å². The van der Waals surface area contributed by atoms with Crippen molar-refractivity contribution in [1.29, 1.82) is 0 Å². The first-order valence-corrected chi connectivity index (χ1v) is 4.67. The van der Waals surface area contributed by atoms with Gasteiger partial charge < -0.3 is 10.3 Å². The van der Waals surface area contributed by atoms with Gasteiger partial charge in [0.1, 0.15) is 0 Å². The molecule has 3 nitrogen and oxygen atoms in total. The minimum Gasteiger partial charge on any atom is -0.337 e. The van der Waals surface area contributed by atoms with Crippen molar-refractivity contribution in [2.45, 2.75) is 31.9 Å². The van der Waals surface area contributed by atoms with Crippen LogP contribution in [0.3, 0.4) is 0 Å². The lowest BCUT2D eigenvalue weighted by Crippen LogP contribution is -2.37.